The molecule has 0 atom stereocenters. The van der Waals surface area contributed by atoms with Crippen molar-refractivity contribution in [3.05, 3.63) is 5.89 Å². The molecule has 0 saturated heterocycles. The molecule has 1 aromatic heterocycles. The smallest absolute Gasteiger partial charge is 0.318 e. The SMILES string of the molecule is CCNCc1nnc(N(C)CCOC(C)C)o1. The van der Waals surface area contributed by atoms with Crippen molar-refractivity contribution >= 4 is 6.01 Å². The predicted molar refractivity (Wildman–Crippen MR) is 66.0 cm³/mol. The van der Waals surface area contributed by atoms with Gasteiger partial charge < -0.3 is 19.4 Å². The van der Waals surface area contributed by atoms with E-state index in [9.17, 15) is 0 Å². The number of nitrogens with zero attached hydrogens (tertiary/aromatic N) is 3. The second-order valence-corrected chi connectivity index (χ2v) is 4.10. The van der Waals surface area contributed by atoms with E-state index in [1.54, 1.807) is 0 Å². The molecule has 0 bridgehead atoms. The fourth-order valence-electron chi connectivity index (χ4n) is 1.22. The third-order valence-corrected chi connectivity index (χ3v) is 2.19. The van der Waals surface area contributed by atoms with Gasteiger partial charge in [-0.2, -0.15) is 0 Å². The molecule has 0 aliphatic rings. The molecule has 0 aromatic carbocycles. The minimum atomic E-state index is 0.246. The van der Waals surface area contributed by atoms with E-state index in [1.807, 2.05) is 32.7 Å². The van der Waals surface area contributed by atoms with Gasteiger partial charge in [-0.1, -0.05) is 12.0 Å². The quantitative estimate of drug-likeness (QED) is 0.735. The van der Waals surface area contributed by atoms with Gasteiger partial charge in [0.25, 0.3) is 0 Å². The number of nitrogens with one attached hydrogen (secondary N) is 1. The van der Waals surface area contributed by atoms with Crippen LogP contribution in [0.5, 0.6) is 0 Å². The summed E-state index contributed by atoms with van der Waals surface area (Å²) in [6.45, 7) is 8.95. The molecule has 0 unspecified atom stereocenters. The summed E-state index contributed by atoms with van der Waals surface area (Å²) in [5, 5.41) is 11.1. The van der Waals surface area contributed by atoms with E-state index in [2.05, 4.69) is 15.5 Å². The monoisotopic (exact) mass is 242 g/mol. The molecule has 1 heterocycles. The highest BCUT2D eigenvalue weighted by atomic mass is 16.5. The van der Waals surface area contributed by atoms with Crippen molar-refractivity contribution in [2.75, 3.05) is 31.6 Å². The molecule has 6 heteroatoms. The standard InChI is InChI=1S/C11H22N4O2/c1-5-12-8-10-13-14-11(17-10)15(4)6-7-16-9(2)3/h9,12H,5-8H2,1-4H3. The maximum absolute atomic E-state index is 5.49. The number of ether oxygens (including phenoxy) is 1. The van der Waals surface area contributed by atoms with Gasteiger partial charge in [-0.15, -0.1) is 5.10 Å². The Hall–Kier alpha value is -1.14. The lowest BCUT2D eigenvalue weighted by Crippen LogP contribution is -2.24. The zero-order valence-electron chi connectivity index (χ0n) is 11.1. The van der Waals surface area contributed by atoms with E-state index in [0.717, 1.165) is 13.1 Å². The zero-order valence-corrected chi connectivity index (χ0v) is 11.1. The highest BCUT2D eigenvalue weighted by Gasteiger charge is 2.10. The van der Waals surface area contributed by atoms with Gasteiger partial charge >= 0.3 is 6.01 Å². The number of hydrogen-bond donors (Lipinski definition) is 1. The predicted octanol–water partition coefficient (Wildman–Crippen LogP) is 1.04. The first kappa shape index (κ1) is 13.9. The van der Waals surface area contributed by atoms with Crippen molar-refractivity contribution in [1.29, 1.82) is 0 Å². The average molecular weight is 242 g/mol. The van der Waals surface area contributed by atoms with Gasteiger partial charge in [0, 0.05) is 13.6 Å². The zero-order chi connectivity index (χ0) is 12.7. The van der Waals surface area contributed by atoms with Gasteiger partial charge in [-0.05, 0) is 20.4 Å². The molecule has 0 saturated carbocycles. The third-order valence-electron chi connectivity index (χ3n) is 2.19. The van der Waals surface area contributed by atoms with Crippen LogP contribution in [0.3, 0.4) is 0 Å². The summed E-state index contributed by atoms with van der Waals surface area (Å²) in [7, 11) is 1.91. The lowest BCUT2D eigenvalue weighted by atomic mass is 10.5. The third kappa shape index (κ3) is 5.14. The fourth-order valence-corrected chi connectivity index (χ4v) is 1.22. The largest absolute Gasteiger partial charge is 0.407 e. The van der Waals surface area contributed by atoms with E-state index in [0.29, 0.717) is 25.1 Å². The van der Waals surface area contributed by atoms with Crippen molar-refractivity contribution in [1.82, 2.24) is 15.5 Å². The van der Waals surface area contributed by atoms with Crippen LogP contribution in [0.1, 0.15) is 26.7 Å². The molecular weight excluding hydrogens is 220 g/mol. The van der Waals surface area contributed by atoms with Crippen LogP contribution in [-0.2, 0) is 11.3 Å². The molecule has 0 amide bonds. The highest BCUT2D eigenvalue weighted by molar-refractivity contribution is 5.21. The molecule has 0 spiro atoms. The van der Waals surface area contributed by atoms with Crippen molar-refractivity contribution in [3.63, 3.8) is 0 Å². The molecule has 0 radical (unpaired) electrons. The molecule has 1 aromatic rings. The molecule has 98 valence electrons. The maximum atomic E-state index is 5.49. The van der Waals surface area contributed by atoms with E-state index >= 15 is 0 Å². The molecule has 6 nitrogen and oxygen atoms in total. The minimum Gasteiger partial charge on any atom is -0.407 e. The molecule has 0 aliphatic heterocycles. The van der Waals surface area contributed by atoms with Gasteiger partial charge in [-0.25, -0.2) is 0 Å². The second-order valence-electron chi connectivity index (χ2n) is 4.10. The Morgan fingerprint density at radius 1 is 1.41 bits per heavy atom. The summed E-state index contributed by atoms with van der Waals surface area (Å²) in [6.07, 6.45) is 0.246. The number of anilines is 1. The van der Waals surface area contributed by atoms with Gasteiger partial charge in [0.15, 0.2) is 0 Å². The van der Waals surface area contributed by atoms with Crippen LogP contribution < -0.4 is 10.2 Å². The Bertz CT molecular complexity index is 314. The Balaban J connectivity index is 2.35. The first-order valence-electron chi connectivity index (χ1n) is 5.99. The van der Waals surface area contributed by atoms with Gasteiger partial charge in [0.05, 0.1) is 19.3 Å². The summed E-state index contributed by atoms with van der Waals surface area (Å²) >= 11 is 0. The average Bonchev–Trinajstić information content (AvgIpc) is 2.74. The Morgan fingerprint density at radius 2 is 2.18 bits per heavy atom. The van der Waals surface area contributed by atoms with E-state index in [-0.39, 0.29) is 6.10 Å². The van der Waals surface area contributed by atoms with Gasteiger partial charge in [0.2, 0.25) is 5.89 Å². The lowest BCUT2D eigenvalue weighted by molar-refractivity contribution is 0.0841. The van der Waals surface area contributed by atoms with Crippen molar-refractivity contribution < 1.29 is 9.15 Å². The number of rotatable bonds is 8. The van der Waals surface area contributed by atoms with E-state index < -0.39 is 0 Å². The van der Waals surface area contributed by atoms with Crippen molar-refractivity contribution in [3.8, 4) is 0 Å². The van der Waals surface area contributed by atoms with Crippen molar-refractivity contribution in [2.24, 2.45) is 0 Å². The van der Waals surface area contributed by atoms with E-state index in [1.165, 1.54) is 0 Å². The van der Waals surface area contributed by atoms with Gasteiger partial charge in [-0.3, -0.25) is 0 Å². The molecule has 17 heavy (non-hydrogen) atoms. The molecular formula is C11H22N4O2. The Morgan fingerprint density at radius 3 is 2.82 bits per heavy atom. The van der Waals surface area contributed by atoms with Crippen molar-refractivity contribution in [2.45, 2.75) is 33.4 Å². The normalized spacial score (nSPS) is 11.1. The van der Waals surface area contributed by atoms with Crippen LogP contribution in [0.15, 0.2) is 4.42 Å². The summed E-state index contributed by atoms with van der Waals surface area (Å²) in [4.78, 5) is 1.89. The van der Waals surface area contributed by atoms with Crippen LogP contribution in [0.4, 0.5) is 6.01 Å². The number of aromatic nitrogens is 2. The molecule has 1 N–H and O–H groups in total. The topological polar surface area (TPSA) is 63.4 Å². The summed E-state index contributed by atoms with van der Waals surface area (Å²) in [5.41, 5.74) is 0. The Labute approximate surface area is 102 Å². The minimum absolute atomic E-state index is 0.246. The number of hydrogen-bond acceptors (Lipinski definition) is 6. The summed E-state index contributed by atoms with van der Waals surface area (Å²) in [5.74, 6) is 0.610. The lowest BCUT2D eigenvalue weighted by Gasteiger charge is -2.14. The first-order chi connectivity index (χ1) is 8.13. The maximum Gasteiger partial charge on any atom is 0.318 e. The van der Waals surface area contributed by atoms with Crippen LogP contribution >= 0.6 is 0 Å². The highest BCUT2D eigenvalue weighted by Crippen LogP contribution is 2.09. The summed E-state index contributed by atoms with van der Waals surface area (Å²) in [6, 6.07) is 0.533. The first-order valence-corrected chi connectivity index (χ1v) is 5.99. The Kier molecular flexibility index (Phi) is 5.93. The van der Waals surface area contributed by atoms with Crippen LogP contribution in [0.25, 0.3) is 0 Å². The van der Waals surface area contributed by atoms with Gasteiger partial charge in [0.1, 0.15) is 0 Å². The molecule has 1 rings (SSSR count). The van der Waals surface area contributed by atoms with Crippen LogP contribution in [-0.4, -0.2) is 43.0 Å². The second kappa shape index (κ2) is 7.24. The van der Waals surface area contributed by atoms with E-state index in [4.69, 9.17) is 9.15 Å². The number of likely N-dealkylation sites (N-methyl/N-ethyl adjacent to an activating group) is 1. The van der Waals surface area contributed by atoms with Crippen LogP contribution in [0, 0.1) is 0 Å². The summed E-state index contributed by atoms with van der Waals surface area (Å²) < 4.78 is 11.0. The van der Waals surface area contributed by atoms with Crippen LogP contribution in [0.2, 0.25) is 0 Å². The molecule has 0 aliphatic carbocycles. The fraction of sp³-hybridized carbons (Fsp3) is 0.818. The molecule has 0 fully saturated rings.